The molecule has 0 saturated carbocycles. The molecule has 0 atom stereocenters. The molecule has 0 aliphatic heterocycles. The molecule has 0 bridgehead atoms. The smallest absolute Gasteiger partial charge is 0.343 e. The molecule has 6 aromatic rings. The fraction of sp³-hybridized carbons (Fsp3) is 0.238. The Kier molecular flexibility index (Phi) is 21.9. The van der Waals surface area contributed by atoms with E-state index in [1.807, 2.05) is 0 Å². The van der Waals surface area contributed by atoms with Crippen molar-refractivity contribution in [3.8, 4) is 0 Å². The second-order valence-electron chi connectivity index (χ2n) is 10.3. The van der Waals surface area contributed by atoms with Crippen LogP contribution in [-0.2, 0) is 39.0 Å². The zero-order valence-corrected chi connectivity index (χ0v) is 30.8. The third-order valence-electron chi connectivity index (χ3n) is 6.72. The van der Waals surface area contributed by atoms with E-state index >= 15 is 0 Å². The Labute approximate surface area is 290 Å². The molecule has 44 heavy (non-hydrogen) atoms. The maximum Gasteiger partial charge on any atom is 4.00 e. The van der Waals surface area contributed by atoms with Crippen molar-refractivity contribution in [2.24, 2.45) is 0 Å². The summed E-state index contributed by atoms with van der Waals surface area (Å²) in [4.78, 5) is 0. The number of aryl methyl sites for hydroxylation is 2. The Morgan fingerprint density at radius 3 is 1.11 bits per heavy atom. The molecular weight excluding hydrogens is 624 g/mol. The molecule has 0 heterocycles. The summed E-state index contributed by atoms with van der Waals surface area (Å²) in [6, 6.07) is 47.2. The van der Waals surface area contributed by atoms with Crippen LogP contribution in [0.25, 0.3) is 21.5 Å². The van der Waals surface area contributed by atoms with E-state index < -0.39 is 0 Å². The first-order valence-corrected chi connectivity index (χ1v) is 16.8. The largest absolute Gasteiger partial charge is 4.00 e. The summed E-state index contributed by atoms with van der Waals surface area (Å²) >= 11 is 0. The van der Waals surface area contributed by atoms with Gasteiger partial charge >= 0.3 is 26.2 Å². The molecule has 6 aromatic carbocycles. The van der Waals surface area contributed by atoms with Crippen LogP contribution < -0.4 is 10.4 Å². The molecule has 0 spiro atoms. The normalized spacial score (nSPS) is 9.59. The van der Waals surface area contributed by atoms with Gasteiger partial charge in [-0.2, -0.15) is 25.0 Å². The number of hydrogen-bond acceptors (Lipinski definition) is 0. The number of rotatable bonds is 6. The van der Waals surface area contributed by atoms with Crippen LogP contribution in [-0.4, -0.2) is 9.52 Å². The van der Waals surface area contributed by atoms with Gasteiger partial charge in [-0.15, -0.1) is 81.2 Å². The SMILES string of the molecule is CCc1cc2ccccc2[cH-]1.CCc1cc2ccccc2[cH-]1.[CH2-]CCC.[CH2-]CCC.[Zr+4].c1ccc([Si]c2ccccc2)cc1. The van der Waals surface area contributed by atoms with Crippen molar-refractivity contribution in [1.29, 1.82) is 0 Å². The Bertz CT molecular complexity index is 1310. The minimum absolute atomic E-state index is 0. The van der Waals surface area contributed by atoms with Crippen LogP contribution in [0.15, 0.2) is 133 Å². The van der Waals surface area contributed by atoms with Gasteiger partial charge in [-0.3, -0.25) is 0 Å². The van der Waals surface area contributed by atoms with Gasteiger partial charge in [-0.25, -0.2) is 0 Å². The fourth-order valence-corrected chi connectivity index (χ4v) is 5.10. The van der Waals surface area contributed by atoms with E-state index in [9.17, 15) is 0 Å². The maximum absolute atomic E-state index is 3.60. The van der Waals surface area contributed by atoms with Gasteiger partial charge in [-0.1, -0.05) is 124 Å². The minimum atomic E-state index is 0. The molecule has 0 fully saturated rings. The van der Waals surface area contributed by atoms with E-state index in [-0.39, 0.29) is 26.2 Å². The molecule has 2 radical (unpaired) electrons. The third kappa shape index (κ3) is 15.3. The van der Waals surface area contributed by atoms with E-state index in [2.05, 4.69) is 175 Å². The van der Waals surface area contributed by atoms with Gasteiger partial charge in [0.1, 0.15) is 9.52 Å². The zero-order chi connectivity index (χ0) is 31.1. The van der Waals surface area contributed by atoms with Gasteiger partial charge in [0, 0.05) is 0 Å². The van der Waals surface area contributed by atoms with Gasteiger partial charge in [0.15, 0.2) is 0 Å². The molecule has 0 aliphatic carbocycles. The first-order valence-electron chi connectivity index (χ1n) is 15.8. The average molecular weight is 674 g/mol. The van der Waals surface area contributed by atoms with Crippen LogP contribution in [0.5, 0.6) is 0 Å². The first kappa shape index (κ1) is 39.2. The van der Waals surface area contributed by atoms with Crippen LogP contribution >= 0.6 is 0 Å². The predicted molar refractivity (Wildman–Crippen MR) is 196 cm³/mol. The summed E-state index contributed by atoms with van der Waals surface area (Å²) < 4.78 is 0. The van der Waals surface area contributed by atoms with Gasteiger partial charge in [0.25, 0.3) is 0 Å². The second kappa shape index (κ2) is 24.5. The summed E-state index contributed by atoms with van der Waals surface area (Å²) in [6.07, 6.45) is 6.82. The predicted octanol–water partition coefficient (Wildman–Crippen LogP) is 10.8. The summed E-state index contributed by atoms with van der Waals surface area (Å²) in [5.74, 6) is 0. The van der Waals surface area contributed by atoms with Gasteiger partial charge in [0.05, 0.1) is 0 Å². The van der Waals surface area contributed by atoms with Crippen molar-refractivity contribution < 1.29 is 26.2 Å². The number of fused-ring (bicyclic) bond motifs is 2. The minimum Gasteiger partial charge on any atom is -0.343 e. The summed E-state index contributed by atoms with van der Waals surface area (Å²) in [6.45, 7) is 15.8. The van der Waals surface area contributed by atoms with Crippen molar-refractivity contribution >= 4 is 41.4 Å². The third-order valence-corrected chi connectivity index (χ3v) is 7.96. The quantitative estimate of drug-likeness (QED) is 0.122. The monoisotopic (exact) mass is 672 g/mol. The molecule has 0 nitrogen and oxygen atoms in total. The molecule has 0 unspecified atom stereocenters. The Morgan fingerprint density at radius 2 is 0.818 bits per heavy atom. The molecule has 0 aromatic heterocycles. The molecular formula is C42H50SiZr. The number of benzene rings is 4. The zero-order valence-electron chi connectivity index (χ0n) is 27.4. The van der Waals surface area contributed by atoms with E-state index in [1.54, 1.807) is 0 Å². The van der Waals surface area contributed by atoms with Crippen molar-refractivity contribution in [2.45, 2.75) is 66.2 Å². The molecule has 0 aliphatic rings. The van der Waals surface area contributed by atoms with Gasteiger partial charge in [0.2, 0.25) is 0 Å². The number of unbranched alkanes of at least 4 members (excludes halogenated alkanes) is 2. The van der Waals surface area contributed by atoms with Crippen LogP contribution in [0.3, 0.4) is 0 Å². The van der Waals surface area contributed by atoms with Crippen LogP contribution in [0.2, 0.25) is 0 Å². The van der Waals surface area contributed by atoms with E-state index in [1.165, 1.54) is 55.9 Å². The first-order chi connectivity index (χ1) is 21.1. The summed E-state index contributed by atoms with van der Waals surface area (Å²) in [5.41, 5.74) is 2.87. The Hall–Kier alpha value is -2.80. The van der Waals surface area contributed by atoms with E-state index in [0.29, 0.717) is 0 Å². The van der Waals surface area contributed by atoms with Crippen LogP contribution in [0.4, 0.5) is 0 Å². The summed E-state index contributed by atoms with van der Waals surface area (Å²) in [7, 11) is 0.777. The van der Waals surface area contributed by atoms with Crippen molar-refractivity contribution in [1.82, 2.24) is 0 Å². The molecule has 6 rings (SSSR count). The second-order valence-corrected chi connectivity index (χ2v) is 11.7. The fourth-order valence-electron chi connectivity index (χ4n) is 4.05. The van der Waals surface area contributed by atoms with E-state index in [4.69, 9.17) is 0 Å². The Morgan fingerprint density at radius 1 is 0.500 bits per heavy atom. The van der Waals surface area contributed by atoms with Crippen LogP contribution in [0, 0.1) is 13.8 Å². The van der Waals surface area contributed by atoms with Gasteiger partial charge in [-0.05, 0) is 12.8 Å². The molecule has 2 heteroatoms. The molecule has 226 valence electrons. The number of hydrogen-bond donors (Lipinski definition) is 0. The van der Waals surface area contributed by atoms with E-state index in [0.717, 1.165) is 35.2 Å². The summed E-state index contributed by atoms with van der Waals surface area (Å²) in [5, 5.41) is 8.25. The topological polar surface area (TPSA) is 0 Å². The average Bonchev–Trinajstić information content (AvgIpc) is 3.71. The van der Waals surface area contributed by atoms with Crippen molar-refractivity contribution in [3.05, 3.63) is 158 Å². The van der Waals surface area contributed by atoms with Gasteiger partial charge < -0.3 is 13.8 Å². The van der Waals surface area contributed by atoms with Crippen molar-refractivity contribution in [2.75, 3.05) is 0 Å². The maximum atomic E-state index is 3.60. The Balaban J connectivity index is 0.000000292. The molecule has 0 saturated heterocycles. The standard InChI is InChI=1S/C12H10Si.2C11H11.2C4H9.Zr/c1-3-7-11(8-4-1)13-12-9-5-2-6-10-12;2*1-2-9-7-10-5-3-4-6-11(10)8-9;2*1-3-4-2;/h1-10H;2*3-8H,2H2,1H3;2*1,3-4H2,2H3;/q;4*-1;+4. The molecule has 0 amide bonds. The van der Waals surface area contributed by atoms with Crippen molar-refractivity contribution in [3.63, 3.8) is 0 Å². The molecule has 0 N–H and O–H groups in total. The van der Waals surface area contributed by atoms with Crippen LogP contribution in [0.1, 0.15) is 64.5 Å².